The highest BCUT2D eigenvalue weighted by molar-refractivity contribution is 7.26. The van der Waals surface area contributed by atoms with Gasteiger partial charge in [-0.1, -0.05) is 0 Å². The third-order valence-corrected chi connectivity index (χ3v) is 5.03. The average Bonchev–Trinajstić information content (AvgIpc) is 2.95. The molecule has 0 aliphatic carbocycles. The van der Waals surface area contributed by atoms with Gasteiger partial charge < -0.3 is 10.4 Å². The van der Waals surface area contributed by atoms with Crippen molar-refractivity contribution in [1.82, 2.24) is 15.0 Å². The van der Waals surface area contributed by atoms with Gasteiger partial charge in [-0.05, 0) is 49.7 Å². The van der Waals surface area contributed by atoms with Crippen molar-refractivity contribution < 1.29 is 9.90 Å². The zero-order chi connectivity index (χ0) is 17.6. The van der Waals surface area contributed by atoms with Gasteiger partial charge in [-0.15, -0.1) is 11.3 Å². The summed E-state index contributed by atoms with van der Waals surface area (Å²) in [4.78, 5) is 25.3. The Labute approximate surface area is 147 Å². The van der Waals surface area contributed by atoms with Gasteiger partial charge in [0, 0.05) is 16.8 Å². The first kappa shape index (κ1) is 15.5. The fraction of sp³-hybridized carbons (Fsp3) is 0.111. The molecule has 124 valence electrons. The maximum absolute atomic E-state index is 11.0. The second kappa shape index (κ2) is 5.78. The number of aromatic nitrogens is 3. The smallest absolute Gasteiger partial charge is 0.335 e. The Hall–Kier alpha value is -3.06. The summed E-state index contributed by atoms with van der Waals surface area (Å²) in [7, 11) is 0. The summed E-state index contributed by atoms with van der Waals surface area (Å²) in [5.41, 5.74) is 4.01. The Morgan fingerprint density at radius 2 is 1.92 bits per heavy atom. The van der Waals surface area contributed by atoms with Gasteiger partial charge in [0.2, 0.25) is 0 Å². The van der Waals surface area contributed by atoms with Crippen molar-refractivity contribution in [2.75, 3.05) is 5.32 Å². The van der Waals surface area contributed by atoms with Crippen molar-refractivity contribution in [3.63, 3.8) is 0 Å². The predicted molar refractivity (Wildman–Crippen MR) is 98.9 cm³/mol. The van der Waals surface area contributed by atoms with Crippen LogP contribution in [0, 0.1) is 13.8 Å². The maximum atomic E-state index is 11.0. The molecule has 3 aromatic heterocycles. The lowest BCUT2D eigenvalue weighted by atomic mass is 10.1. The van der Waals surface area contributed by atoms with E-state index >= 15 is 0 Å². The van der Waals surface area contributed by atoms with Gasteiger partial charge in [0.25, 0.3) is 0 Å². The van der Waals surface area contributed by atoms with Gasteiger partial charge >= 0.3 is 5.97 Å². The van der Waals surface area contributed by atoms with Crippen LogP contribution < -0.4 is 5.32 Å². The van der Waals surface area contributed by atoms with Crippen LogP contribution in [0.3, 0.4) is 0 Å². The Balaban J connectivity index is 1.82. The highest BCUT2D eigenvalue weighted by Gasteiger charge is 2.14. The minimum atomic E-state index is -0.947. The second-order valence-electron chi connectivity index (χ2n) is 5.77. The van der Waals surface area contributed by atoms with E-state index < -0.39 is 5.97 Å². The topological polar surface area (TPSA) is 88.0 Å². The highest BCUT2D eigenvalue weighted by atomic mass is 32.1. The third-order valence-electron chi connectivity index (χ3n) is 3.95. The van der Waals surface area contributed by atoms with Crippen molar-refractivity contribution in [1.29, 1.82) is 0 Å². The molecule has 3 heterocycles. The monoisotopic (exact) mass is 350 g/mol. The molecule has 0 unspecified atom stereocenters. The van der Waals surface area contributed by atoms with E-state index in [0.717, 1.165) is 37.4 Å². The van der Waals surface area contributed by atoms with Crippen molar-refractivity contribution in [2.45, 2.75) is 13.8 Å². The molecule has 2 N–H and O–H groups in total. The molecule has 4 rings (SSSR count). The van der Waals surface area contributed by atoms with Crippen molar-refractivity contribution in [2.24, 2.45) is 0 Å². The first-order valence-electron chi connectivity index (χ1n) is 7.65. The van der Waals surface area contributed by atoms with E-state index in [2.05, 4.69) is 27.2 Å². The molecule has 4 aromatic rings. The molecule has 0 amide bonds. The average molecular weight is 350 g/mol. The van der Waals surface area contributed by atoms with Crippen molar-refractivity contribution >= 4 is 49.2 Å². The largest absolute Gasteiger partial charge is 0.478 e. The molecular weight excluding hydrogens is 336 g/mol. The molecule has 0 spiro atoms. The predicted octanol–water partition coefficient (Wildman–Crippen LogP) is 4.30. The van der Waals surface area contributed by atoms with Gasteiger partial charge in [-0.25, -0.2) is 19.7 Å². The van der Waals surface area contributed by atoms with Crippen molar-refractivity contribution in [3.8, 4) is 0 Å². The van der Waals surface area contributed by atoms with Crippen LogP contribution in [0.1, 0.15) is 21.6 Å². The Bertz CT molecular complexity index is 1120. The fourth-order valence-corrected chi connectivity index (χ4v) is 4.03. The lowest BCUT2D eigenvalue weighted by molar-refractivity contribution is 0.0697. The summed E-state index contributed by atoms with van der Waals surface area (Å²) in [6.45, 7) is 4.04. The molecule has 0 atom stereocenters. The Morgan fingerprint density at radius 3 is 2.64 bits per heavy atom. The number of aryl methyl sites for hydroxylation is 2. The summed E-state index contributed by atoms with van der Waals surface area (Å²) in [5.74, 6) is -0.259. The van der Waals surface area contributed by atoms with Crippen LogP contribution in [0.15, 0.2) is 36.7 Å². The summed E-state index contributed by atoms with van der Waals surface area (Å²) in [6, 6.07) is 8.61. The van der Waals surface area contributed by atoms with Gasteiger partial charge in [0.15, 0.2) is 5.82 Å². The van der Waals surface area contributed by atoms with E-state index in [4.69, 9.17) is 5.11 Å². The lowest BCUT2D eigenvalue weighted by Crippen LogP contribution is -1.98. The first-order chi connectivity index (χ1) is 12.0. The number of carboxylic acids is 1. The number of anilines is 2. The van der Waals surface area contributed by atoms with Crippen molar-refractivity contribution in [3.05, 3.63) is 53.5 Å². The molecule has 1 aromatic carbocycles. The van der Waals surface area contributed by atoms with Crippen LogP contribution in [-0.2, 0) is 0 Å². The number of pyridine rings is 1. The molecule has 0 saturated heterocycles. The zero-order valence-electron chi connectivity index (χ0n) is 13.6. The van der Waals surface area contributed by atoms with E-state index in [-0.39, 0.29) is 5.56 Å². The first-order valence-corrected chi connectivity index (χ1v) is 8.46. The molecule has 6 nitrogen and oxygen atoms in total. The molecule has 7 heteroatoms. The number of benzene rings is 1. The number of carboxylic acid groups (broad SMARTS) is 1. The summed E-state index contributed by atoms with van der Waals surface area (Å²) in [6.07, 6.45) is 1.53. The number of thiophene rings is 1. The number of aromatic carboxylic acids is 1. The normalized spacial score (nSPS) is 11.1. The van der Waals surface area contributed by atoms with E-state index in [1.54, 1.807) is 35.6 Å². The number of hydrogen-bond donors (Lipinski definition) is 2. The van der Waals surface area contributed by atoms with E-state index in [9.17, 15) is 4.79 Å². The summed E-state index contributed by atoms with van der Waals surface area (Å²) >= 11 is 1.55. The van der Waals surface area contributed by atoms with Crippen LogP contribution in [-0.4, -0.2) is 26.0 Å². The van der Waals surface area contributed by atoms with Crippen LogP contribution in [0.4, 0.5) is 11.5 Å². The van der Waals surface area contributed by atoms with E-state index in [1.807, 2.05) is 13.0 Å². The minimum Gasteiger partial charge on any atom is -0.478 e. The molecule has 0 aliphatic heterocycles. The summed E-state index contributed by atoms with van der Waals surface area (Å²) < 4.78 is 0.931. The standard InChI is InChI=1S/C18H14N4O2S/c1-9-7-10(2)21-17-13(9)14-15(25-17)16(20-8-19-14)22-12-5-3-11(4-6-12)18(23)24/h3-8H,1-2H3,(H,23,24)(H,19,20,22). The molecule has 0 saturated carbocycles. The Morgan fingerprint density at radius 1 is 1.16 bits per heavy atom. The quantitative estimate of drug-likeness (QED) is 0.573. The second-order valence-corrected chi connectivity index (χ2v) is 6.77. The number of hydrogen-bond acceptors (Lipinski definition) is 6. The van der Waals surface area contributed by atoms with Crippen LogP contribution >= 0.6 is 11.3 Å². The van der Waals surface area contributed by atoms with Crippen LogP contribution in [0.25, 0.3) is 20.4 Å². The minimum absolute atomic E-state index is 0.246. The van der Waals surface area contributed by atoms with Gasteiger partial charge in [0.05, 0.1) is 15.8 Å². The molecular formula is C18H14N4O2S. The lowest BCUT2D eigenvalue weighted by Gasteiger charge is -2.06. The number of nitrogens with zero attached hydrogens (tertiary/aromatic N) is 3. The van der Waals surface area contributed by atoms with Gasteiger partial charge in [0.1, 0.15) is 11.2 Å². The molecule has 0 fully saturated rings. The SMILES string of the molecule is Cc1cc(C)c2c(n1)sc1c(Nc3ccc(C(=O)O)cc3)ncnc12. The molecule has 0 radical (unpaired) electrons. The van der Waals surface area contributed by atoms with Crippen LogP contribution in [0.5, 0.6) is 0 Å². The summed E-state index contributed by atoms with van der Waals surface area (Å²) in [5, 5.41) is 13.3. The van der Waals surface area contributed by atoms with E-state index in [1.165, 1.54) is 6.33 Å². The fourth-order valence-electron chi connectivity index (χ4n) is 2.83. The molecule has 0 bridgehead atoms. The maximum Gasteiger partial charge on any atom is 0.335 e. The number of carbonyl (C=O) groups is 1. The van der Waals surface area contributed by atoms with E-state index in [0.29, 0.717) is 5.82 Å². The number of fused-ring (bicyclic) bond motifs is 3. The zero-order valence-corrected chi connectivity index (χ0v) is 14.4. The molecule has 25 heavy (non-hydrogen) atoms. The highest BCUT2D eigenvalue weighted by Crippen LogP contribution is 2.37. The molecule has 0 aliphatic rings. The number of nitrogens with one attached hydrogen (secondary N) is 1. The third kappa shape index (κ3) is 2.68. The Kier molecular flexibility index (Phi) is 3.58. The number of rotatable bonds is 3. The van der Waals surface area contributed by atoms with Crippen LogP contribution in [0.2, 0.25) is 0 Å². The van der Waals surface area contributed by atoms with Gasteiger partial charge in [-0.2, -0.15) is 0 Å². The van der Waals surface area contributed by atoms with Gasteiger partial charge in [-0.3, -0.25) is 0 Å².